The van der Waals surface area contributed by atoms with E-state index in [2.05, 4.69) is 10.0 Å². The summed E-state index contributed by atoms with van der Waals surface area (Å²) in [4.78, 5) is 12.7. The number of rotatable bonds is 10. The first-order valence-electron chi connectivity index (χ1n) is 10.2. The number of amides is 1. The van der Waals surface area contributed by atoms with Crippen molar-refractivity contribution >= 4 is 33.2 Å². The van der Waals surface area contributed by atoms with Gasteiger partial charge in [-0.1, -0.05) is 35.9 Å². The molecule has 3 aromatic carbocycles. The van der Waals surface area contributed by atoms with Crippen LogP contribution >= 0.6 is 11.6 Å². The highest BCUT2D eigenvalue weighted by Gasteiger charge is 2.19. The number of sulfonamides is 1. The molecule has 0 fully saturated rings. The number of benzene rings is 3. The Labute approximate surface area is 198 Å². The maximum absolute atomic E-state index is 12.8. The van der Waals surface area contributed by atoms with Gasteiger partial charge in [0.25, 0.3) is 15.9 Å². The standard InChI is InChI=1S/C24H25ClN2O5S/c1-17-5-3-7-19(13-17)27-33(29,30)21-9-10-23(25)22(15-21)24(28)26-16-18-6-4-8-20(14-18)32-12-11-31-2/h3-10,13-15,27H,11-12,16H2,1-2H3,(H,26,28). The van der Waals surface area contributed by atoms with Crippen LogP contribution in [0.4, 0.5) is 5.69 Å². The van der Waals surface area contributed by atoms with E-state index in [1.54, 1.807) is 25.3 Å². The summed E-state index contributed by atoms with van der Waals surface area (Å²) in [5, 5.41) is 2.92. The molecule has 0 saturated heterocycles. The van der Waals surface area contributed by atoms with Crippen molar-refractivity contribution in [3.8, 4) is 5.75 Å². The van der Waals surface area contributed by atoms with Crippen molar-refractivity contribution in [1.29, 1.82) is 0 Å². The Morgan fingerprint density at radius 1 is 1.00 bits per heavy atom. The van der Waals surface area contributed by atoms with Crippen LogP contribution in [0.3, 0.4) is 0 Å². The van der Waals surface area contributed by atoms with Crippen LogP contribution in [-0.4, -0.2) is 34.6 Å². The fourth-order valence-corrected chi connectivity index (χ4v) is 4.31. The number of nitrogens with one attached hydrogen (secondary N) is 2. The SMILES string of the molecule is COCCOc1cccc(CNC(=O)c2cc(S(=O)(=O)Nc3cccc(C)c3)ccc2Cl)c1. The van der Waals surface area contributed by atoms with Gasteiger partial charge in [0.1, 0.15) is 12.4 Å². The number of halogens is 1. The van der Waals surface area contributed by atoms with Gasteiger partial charge in [-0.05, 0) is 60.5 Å². The smallest absolute Gasteiger partial charge is 0.261 e. The summed E-state index contributed by atoms with van der Waals surface area (Å²) < 4.78 is 38.7. The van der Waals surface area contributed by atoms with E-state index in [0.29, 0.717) is 24.7 Å². The minimum atomic E-state index is -3.90. The van der Waals surface area contributed by atoms with E-state index in [-0.39, 0.29) is 22.0 Å². The van der Waals surface area contributed by atoms with Crippen molar-refractivity contribution < 1.29 is 22.7 Å². The van der Waals surface area contributed by atoms with Crippen molar-refractivity contribution in [2.24, 2.45) is 0 Å². The third-order valence-electron chi connectivity index (χ3n) is 4.67. The molecule has 7 nitrogen and oxygen atoms in total. The molecule has 3 rings (SSSR count). The van der Waals surface area contributed by atoms with Crippen LogP contribution in [0.25, 0.3) is 0 Å². The molecule has 0 unspecified atom stereocenters. The average molecular weight is 489 g/mol. The van der Waals surface area contributed by atoms with Gasteiger partial charge in [0.15, 0.2) is 0 Å². The van der Waals surface area contributed by atoms with E-state index >= 15 is 0 Å². The first-order chi connectivity index (χ1) is 15.8. The molecule has 174 valence electrons. The number of hydrogen-bond donors (Lipinski definition) is 2. The van der Waals surface area contributed by atoms with Gasteiger partial charge in [-0.15, -0.1) is 0 Å². The second-order valence-electron chi connectivity index (χ2n) is 7.29. The molecule has 2 N–H and O–H groups in total. The lowest BCUT2D eigenvalue weighted by Gasteiger charge is -2.12. The van der Waals surface area contributed by atoms with Gasteiger partial charge >= 0.3 is 0 Å². The van der Waals surface area contributed by atoms with Gasteiger partial charge in [-0.2, -0.15) is 0 Å². The molecule has 0 aliphatic rings. The first-order valence-corrected chi connectivity index (χ1v) is 12.0. The Kier molecular flexibility index (Phi) is 8.32. The highest BCUT2D eigenvalue weighted by Crippen LogP contribution is 2.23. The number of hydrogen-bond acceptors (Lipinski definition) is 5. The van der Waals surface area contributed by atoms with E-state index in [1.165, 1.54) is 18.2 Å². The molecule has 0 atom stereocenters. The summed E-state index contributed by atoms with van der Waals surface area (Å²) in [5.41, 5.74) is 2.23. The van der Waals surface area contributed by atoms with Gasteiger partial charge in [0, 0.05) is 19.3 Å². The van der Waals surface area contributed by atoms with Gasteiger partial charge in [0.2, 0.25) is 0 Å². The quantitative estimate of drug-likeness (QED) is 0.412. The van der Waals surface area contributed by atoms with Crippen molar-refractivity contribution in [3.63, 3.8) is 0 Å². The lowest BCUT2D eigenvalue weighted by atomic mass is 10.2. The third-order valence-corrected chi connectivity index (χ3v) is 6.38. The summed E-state index contributed by atoms with van der Waals surface area (Å²) in [6.45, 7) is 2.97. The topological polar surface area (TPSA) is 93.7 Å². The molecule has 0 aliphatic carbocycles. The monoisotopic (exact) mass is 488 g/mol. The molecule has 33 heavy (non-hydrogen) atoms. The highest BCUT2D eigenvalue weighted by molar-refractivity contribution is 7.92. The van der Waals surface area contributed by atoms with Gasteiger partial charge < -0.3 is 14.8 Å². The summed E-state index contributed by atoms with van der Waals surface area (Å²) >= 11 is 6.19. The van der Waals surface area contributed by atoms with Crippen LogP contribution in [0, 0.1) is 6.92 Å². The molecular formula is C24H25ClN2O5S. The minimum absolute atomic E-state index is 0.0629. The molecule has 0 bridgehead atoms. The summed E-state index contributed by atoms with van der Waals surface area (Å²) in [6.07, 6.45) is 0. The number of carbonyl (C=O) groups excluding carboxylic acids is 1. The predicted octanol–water partition coefficient (Wildman–Crippen LogP) is 4.40. The normalized spacial score (nSPS) is 11.1. The second-order valence-corrected chi connectivity index (χ2v) is 9.38. The fraction of sp³-hybridized carbons (Fsp3) is 0.208. The largest absolute Gasteiger partial charge is 0.491 e. The third kappa shape index (κ3) is 6.95. The van der Waals surface area contributed by atoms with E-state index in [9.17, 15) is 13.2 Å². The van der Waals surface area contributed by atoms with Crippen molar-refractivity contribution in [2.45, 2.75) is 18.4 Å². The molecular weight excluding hydrogens is 464 g/mol. The number of carbonyl (C=O) groups is 1. The molecule has 0 saturated carbocycles. The van der Waals surface area contributed by atoms with Crippen LogP contribution in [-0.2, 0) is 21.3 Å². The predicted molar refractivity (Wildman–Crippen MR) is 128 cm³/mol. The Hall–Kier alpha value is -3.07. The maximum Gasteiger partial charge on any atom is 0.261 e. The minimum Gasteiger partial charge on any atom is -0.491 e. The van der Waals surface area contributed by atoms with E-state index < -0.39 is 15.9 Å². The molecule has 0 aliphatic heterocycles. The highest BCUT2D eigenvalue weighted by atomic mass is 35.5. The van der Waals surface area contributed by atoms with Crippen LogP contribution in [0.5, 0.6) is 5.75 Å². The maximum atomic E-state index is 12.8. The van der Waals surface area contributed by atoms with Crippen LogP contribution in [0.15, 0.2) is 71.6 Å². The average Bonchev–Trinajstić information content (AvgIpc) is 2.78. The molecule has 1 amide bonds. The number of methoxy groups -OCH3 is 1. The van der Waals surface area contributed by atoms with Gasteiger partial charge in [-0.3, -0.25) is 9.52 Å². The number of aryl methyl sites for hydroxylation is 1. The van der Waals surface area contributed by atoms with Crippen LogP contribution in [0.1, 0.15) is 21.5 Å². The van der Waals surface area contributed by atoms with E-state index in [0.717, 1.165) is 11.1 Å². The molecule has 3 aromatic rings. The zero-order chi connectivity index (χ0) is 23.8. The fourth-order valence-electron chi connectivity index (χ4n) is 3.03. The lowest BCUT2D eigenvalue weighted by Crippen LogP contribution is -2.24. The van der Waals surface area contributed by atoms with Crippen LogP contribution < -0.4 is 14.8 Å². The first kappa shape index (κ1) is 24.6. The number of anilines is 1. The lowest BCUT2D eigenvalue weighted by molar-refractivity contribution is 0.0950. The molecule has 0 aromatic heterocycles. The van der Waals surface area contributed by atoms with Gasteiger partial charge in [-0.25, -0.2) is 8.42 Å². The van der Waals surface area contributed by atoms with Crippen molar-refractivity contribution in [2.75, 3.05) is 25.0 Å². The molecule has 0 heterocycles. The zero-order valence-electron chi connectivity index (χ0n) is 18.3. The van der Waals surface area contributed by atoms with Gasteiger partial charge in [0.05, 0.1) is 22.1 Å². The summed E-state index contributed by atoms with van der Waals surface area (Å²) in [7, 11) is -2.31. The Morgan fingerprint density at radius 3 is 2.55 bits per heavy atom. The van der Waals surface area contributed by atoms with E-state index in [1.807, 2.05) is 37.3 Å². The van der Waals surface area contributed by atoms with E-state index in [4.69, 9.17) is 21.1 Å². The Balaban J connectivity index is 1.71. The second kappa shape index (κ2) is 11.2. The summed E-state index contributed by atoms with van der Waals surface area (Å²) in [6, 6.07) is 18.3. The van der Waals surface area contributed by atoms with Crippen molar-refractivity contribution in [1.82, 2.24) is 5.32 Å². The van der Waals surface area contributed by atoms with Crippen molar-refractivity contribution in [3.05, 3.63) is 88.4 Å². The molecule has 9 heteroatoms. The summed E-state index contributed by atoms with van der Waals surface area (Å²) in [5.74, 6) is 0.172. The Morgan fingerprint density at radius 2 is 1.79 bits per heavy atom. The molecule has 0 spiro atoms. The zero-order valence-corrected chi connectivity index (χ0v) is 19.9. The number of ether oxygens (including phenoxy) is 2. The van der Waals surface area contributed by atoms with Crippen LogP contribution in [0.2, 0.25) is 5.02 Å². The molecule has 0 radical (unpaired) electrons. The Bertz CT molecular complexity index is 1230.